The summed E-state index contributed by atoms with van der Waals surface area (Å²) in [6, 6.07) is 0. The van der Waals surface area contributed by atoms with E-state index >= 15 is 0 Å². The second kappa shape index (κ2) is 10.6. The summed E-state index contributed by atoms with van der Waals surface area (Å²) in [7, 11) is 0. The number of aliphatic carboxylic acids is 2. The number of rotatable bonds is 8. The lowest BCUT2D eigenvalue weighted by atomic mass is 10.1. The second-order valence-corrected chi connectivity index (χ2v) is 3.06. The van der Waals surface area contributed by atoms with Crippen molar-refractivity contribution >= 4 is 29.3 Å². The van der Waals surface area contributed by atoms with Crippen molar-refractivity contribution < 1.29 is 19.8 Å². The first-order valence-corrected chi connectivity index (χ1v) is 4.56. The molecule has 82 valence electrons. The van der Waals surface area contributed by atoms with Crippen molar-refractivity contribution in [1.29, 1.82) is 0 Å². The monoisotopic (exact) mass is 218 g/mol. The number of carboxylic acid groups (broad SMARTS) is 2. The van der Waals surface area contributed by atoms with Crippen LogP contribution in [-0.2, 0) is 9.59 Å². The van der Waals surface area contributed by atoms with Crippen molar-refractivity contribution in [3.05, 3.63) is 0 Å². The van der Waals surface area contributed by atoms with Gasteiger partial charge in [0.25, 0.3) is 0 Å². The van der Waals surface area contributed by atoms with Crippen molar-refractivity contribution in [1.82, 2.24) is 0 Å². The maximum Gasteiger partial charge on any atom is 0.303 e. The fourth-order valence-corrected chi connectivity index (χ4v) is 1.08. The van der Waals surface area contributed by atoms with E-state index in [2.05, 4.69) is 0 Å². The molecule has 0 aliphatic carbocycles. The third-order valence-corrected chi connectivity index (χ3v) is 1.78. The fraction of sp³-hybridized carbons (Fsp3) is 0.778. The van der Waals surface area contributed by atoms with Crippen LogP contribution in [0.15, 0.2) is 0 Å². The highest BCUT2D eigenvalue weighted by Crippen LogP contribution is 2.06. The van der Waals surface area contributed by atoms with E-state index in [4.69, 9.17) is 10.2 Å². The van der Waals surface area contributed by atoms with E-state index in [1.165, 1.54) is 0 Å². The molecule has 0 fully saturated rings. The summed E-state index contributed by atoms with van der Waals surface area (Å²) in [4.78, 5) is 20.2. The van der Waals surface area contributed by atoms with Crippen LogP contribution in [0.25, 0.3) is 0 Å². The Morgan fingerprint density at radius 1 is 0.714 bits per heavy atom. The quantitative estimate of drug-likeness (QED) is 0.464. The predicted octanol–water partition coefficient (Wildman–Crippen LogP) is 0.702. The van der Waals surface area contributed by atoms with Gasteiger partial charge in [-0.25, -0.2) is 0 Å². The zero-order valence-corrected chi connectivity index (χ0v) is 7.66. The van der Waals surface area contributed by atoms with Gasteiger partial charge in [-0.05, 0) is 12.8 Å². The molecule has 0 rings (SSSR count). The van der Waals surface area contributed by atoms with Gasteiger partial charge in [-0.1, -0.05) is 19.3 Å². The number of unbranched alkanes of at least 4 members (excludes halogenated alkanes) is 4. The highest BCUT2D eigenvalue weighted by atomic mass is 27.0. The van der Waals surface area contributed by atoms with E-state index in [-0.39, 0.29) is 30.2 Å². The standard InChI is InChI=1S/C9H16O4.Al.3H/c10-8(11)6-4-2-1-3-5-7-9(12)13;;;;/h1-7H2,(H,10,11)(H,12,13);;;;. The normalized spacial score (nSPS) is 9.14. The molecule has 0 aromatic carbocycles. The summed E-state index contributed by atoms with van der Waals surface area (Å²) in [5.41, 5.74) is 0. The van der Waals surface area contributed by atoms with Gasteiger partial charge in [0.1, 0.15) is 0 Å². The SMILES string of the molecule is O=C(O)CCCCCCCC(=O)O.[AlH3]. The van der Waals surface area contributed by atoms with Gasteiger partial charge in [-0.15, -0.1) is 0 Å². The molecule has 0 spiro atoms. The van der Waals surface area contributed by atoms with Crippen molar-refractivity contribution in [3.63, 3.8) is 0 Å². The Morgan fingerprint density at radius 3 is 1.29 bits per heavy atom. The molecule has 0 aromatic rings. The zero-order valence-electron chi connectivity index (χ0n) is 7.66. The Morgan fingerprint density at radius 2 is 1.00 bits per heavy atom. The number of hydrogen-bond donors (Lipinski definition) is 2. The van der Waals surface area contributed by atoms with Crippen LogP contribution in [0.2, 0.25) is 0 Å². The molecule has 0 heterocycles. The lowest BCUT2D eigenvalue weighted by Gasteiger charge is -1.97. The van der Waals surface area contributed by atoms with Crippen LogP contribution in [0, 0.1) is 0 Å². The minimum atomic E-state index is -0.759. The first kappa shape index (κ1) is 15.9. The molecule has 2 N–H and O–H groups in total. The van der Waals surface area contributed by atoms with Crippen molar-refractivity contribution in [2.45, 2.75) is 44.9 Å². The van der Waals surface area contributed by atoms with Crippen LogP contribution < -0.4 is 0 Å². The summed E-state index contributed by atoms with van der Waals surface area (Å²) in [5, 5.41) is 16.6. The molecular formula is C9H19AlO4. The molecule has 0 saturated carbocycles. The van der Waals surface area contributed by atoms with E-state index in [0.29, 0.717) is 12.8 Å². The van der Waals surface area contributed by atoms with E-state index in [9.17, 15) is 9.59 Å². The van der Waals surface area contributed by atoms with E-state index < -0.39 is 11.9 Å². The zero-order chi connectivity index (χ0) is 10.1. The molecule has 4 nitrogen and oxygen atoms in total. The molecule has 0 aliphatic rings. The van der Waals surface area contributed by atoms with Crippen LogP contribution in [-0.4, -0.2) is 39.5 Å². The summed E-state index contributed by atoms with van der Waals surface area (Å²) >= 11 is 0. The Balaban J connectivity index is 0. The third kappa shape index (κ3) is 14.0. The van der Waals surface area contributed by atoms with Gasteiger partial charge in [0.2, 0.25) is 0 Å². The highest BCUT2D eigenvalue weighted by Gasteiger charge is 1.98. The Kier molecular flexibility index (Phi) is 12.0. The van der Waals surface area contributed by atoms with Gasteiger partial charge in [-0.3, -0.25) is 9.59 Å². The van der Waals surface area contributed by atoms with E-state index in [0.717, 1.165) is 19.3 Å². The lowest BCUT2D eigenvalue weighted by molar-refractivity contribution is -0.138. The first-order valence-electron chi connectivity index (χ1n) is 4.56. The van der Waals surface area contributed by atoms with Gasteiger partial charge in [0.05, 0.1) is 0 Å². The number of carboxylic acids is 2. The van der Waals surface area contributed by atoms with Gasteiger partial charge in [0, 0.05) is 12.8 Å². The molecule has 0 unspecified atom stereocenters. The van der Waals surface area contributed by atoms with Crippen molar-refractivity contribution in [3.8, 4) is 0 Å². The molecule has 0 amide bonds. The minimum absolute atomic E-state index is 0. The average molecular weight is 218 g/mol. The molecule has 0 atom stereocenters. The van der Waals surface area contributed by atoms with Crippen LogP contribution in [0.1, 0.15) is 44.9 Å². The molecule has 0 aromatic heterocycles. The molecule has 0 bridgehead atoms. The van der Waals surface area contributed by atoms with E-state index in [1.54, 1.807) is 0 Å². The highest BCUT2D eigenvalue weighted by molar-refractivity contribution is 5.75. The fourth-order valence-electron chi connectivity index (χ4n) is 1.08. The van der Waals surface area contributed by atoms with Gasteiger partial charge in [0.15, 0.2) is 17.4 Å². The molecule has 0 aliphatic heterocycles. The van der Waals surface area contributed by atoms with Crippen molar-refractivity contribution in [2.75, 3.05) is 0 Å². The lowest BCUT2D eigenvalue weighted by Crippen LogP contribution is -1.95. The van der Waals surface area contributed by atoms with Gasteiger partial charge >= 0.3 is 11.9 Å². The van der Waals surface area contributed by atoms with Gasteiger partial charge < -0.3 is 10.2 Å². The number of carbonyl (C=O) groups is 2. The smallest absolute Gasteiger partial charge is 0.303 e. The molecule has 5 heteroatoms. The molecule has 14 heavy (non-hydrogen) atoms. The number of hydrogen-bond acceptors (Lipinski definition) is 2. The first-order chi connectivity index (χ1) is 6.13. The predicted molar refractivity (Wildman–Crippen MR) is 57.5 cm³/mol. The second-order valence-electron chi connectivity index (χ2n) is 3.06. The maximum atomic E-state index is 10.1. The Labute approximate surface area is 94.4 Å². The molecular weight excluding hydrogens is 199 g/mol. The Hall–Kier alpha value is -0.528. The van der Waals surface area contributed by atoms with Crippen LogP contribution in [0.3, 0.4) is 0 Å². The van der Waals surface area contributed by atoms with Crippen LogP contribution in [0.5, 0.6) is 0 Å². The van der Waals surface area contributed by atoms with Crippen molar-refractivity contribution in [2.24, 2.45) is 0 Å². The third-order valence-electron chi connectivity index (χ3n) is 1.78. The van der Waals surface area contributed by atoms with Gasteiger partial charge in [-0.2, -0.15) is 0 Å². The summed E-state index contributed by atoms with van der Waals surface area (Å²) in [6.45, 7) is 0. The largest absolute Gasteiger partial charge is 0.481 e. The topological polar surface area (TPSA) is 74.6 Å². The average Bonchev–Trinajstić information content (AvgIpc) is 2.01. The van der Waals surface area contributed by atoms with Crippen LogP contribution in [0.4, 0.5) is 0 Å². The summed E-state index contributed by atoms with van der Waals surface area (Å²) < 4.78 is 0. The maximum absolute atomic E-state index is 10.1. The summed E-state index contributed by atoms with van der Waals surface area (Å²) in [5.74, 6) is -1.52. The van der Waals surface area contributed by atoms with E-state index in [1.807, 2.05) is 0 Å². The Bertz CT molecular complexity index is 152. The van der Waals surface area contributed by atoms with Crippen LogP contribution >= 0.6 is 0 Å². The summed E-state index contributed by atoms with van der Waals surface area (Å²) in [6.07, 6.45) is 4.53. The molecule has 0 saturated heterocycles. The molecule has 0 radical (unpaired) electrons. The minimum Gasteiger partial charge on any atom is -0.481 e.